The fourth-order valence-electron chi connectivity index (χ4n) is 1.87. The van der Waals surface area contributed by atoms with Crippen LogP contribution in [0.15, 0.2) is 44.6 Å². The summed E-state index contributed by atoms with van der Waals surface area (Å²) in [6.45, 7) is 0. The van der Waals surface area contributed by atoms with Crippen LogP contribution in [0.2, 0.25) is 0 Å². The smallest absolute Gasteiger partial charge is 0.270 e. The number of benzene rings is 1. The first-order valence-electron chi connectivity index (χ1n) is 5.72. The van der Waals surface area contributed by atoms with Gasteiger partial charge in [0.15, 0.2) is 11.9 Å². The Morgan fingerprint density at radius 2 is 2.05 bits per heavy atom. The van der Waals surface area contributed by atoms with Crippen LogP contribution in [0, 0.1) is 10.1 Å². The SMILES string of the molecule is O=C1NN=NC2=NC(Cc3ccc([N+](=O)[O-])cc3)=NC12. The van der Waals surface area contributed by atoms with Crippen LogP contribution in [0.5, 0.6) is 0 Å². The lowest BCUT2D eigenvalue weighted by molar-refractivity contribution is -0.384. The maximum atomic E-state index is 11.5. The molecule has 0 spiro atoms. The number of nitrogens with one attached hydrogen (secondary N) is 1. The highest BCUT2D eigenvalue weighted by molar-refractivity contribution is 6.17. The molecule has 1 atom stereocenters. The molecule has 9 nitrogen and oxygen atoms in total. The van der Waals surface area contributed by atoms with Crippen LogP contribution >= 0.6 is 0 Å². The van der Waals surface area contributed by atoms with Gasteiger partial charge in [-0.3, -0.25) is 14.9 Å². The minimum atomic E-state index is -0.736. The number of rotatable bonds is 3. The first kappa shape index (κ1) is 12.1. The number of amides is 1. The predicted molar refractivity (Wildman–Crippen MR) is 68.5 cm³/mol. The molecule has 0 aromatic heterocycles. The number of carbonyl (C=O) groups excluding carboxylic acids is 1. The number of amidine groups is 2. The summed E-state index contributed by atoms with van der Waals surface area (Å²) in [5.74, 6) is 0.359. The Balaban J connectivity index is 1.78. The minimum absolute atomic E-state index is 0.0234. The van der Waals surface area contributed by atoms with Crippen LogP contribution in [-0.4, -0.2) is 28.5 Å². The van der Waals surface area contributed by atoms with Gasteiger partial charge in [-0.1, -0.05) is 17.4 Å². The molecule has 2 heterocycles. The van der Waals surface area contributed by atoms with Gasteiger partial charge >= 0.3 is 0 Å². The van der Waals surface area contributed by atoms with Gasteiger partial charge in [-0.15, -0.1) is 5.11 Å². The van der Waals surface area contributed by atoms with E-state index in [1.807, 2.05) is 0 Å². The quantitative estimate of drug-likeness (QED) is 0.647. The predicted octanol–water partition coefficient (Wildman–Crippen LogP) is 0.813. The maximum absolute atomic E-state index is 11.5. The average molecular weight is 272 g/mol. The number of nitrogens with zero attached hydrogens (tertiary/aromatic N) is 5. The van der Waals surface area contributed by atoms with Crippen molar-refractivity contribution in [2.45, 2.75) is 12.5 Å². The van der Waals surface area contributed by atoms with E-state index in [2.05, 4.69) is 25.7 Å². The van der Waals surface area contributed by atoms with Gasteiger partial charge in [-0.25, -0.2) is 15.4 Å². The van der Waals surface area contributed by atoms with E-state index in [-0.39, 0.29) is 17.4 Å². The Bertz CT molecular complexity index is 676. The third kappa shape index (κ3) is 2.16. The highest BCUT2D eigenvalue weighted by Crippen LogP contribution is 2.16. The maximum Gasteiger partial charge on any atom is 0.274 e. The van der Waals surface area contributed by atoms with Crippen molar-refractivity contribution in [3.05, 3.63) is 39.9 Å². The average Bonchev–Trinajstić information content (AvgIpc) is 2.83. The minimum Gasteiger partial charge on any atom is -0.270 e. The van der Waals surface area contributed by atoms with Crippen molar-refractivity contribution < 1.29 is 9.72 Å². The molecule has 2 aliphatic heterocycles. The summed E-state index contributed by atoms with van der Waals surface area (Å²) in [4.78, 5) is 29.8. The highest BCUT2D eigenvalue weighted by Gasteiger charge is 2.32. The fourth-order valence-corrected chi connectivity index (χ4v) is 1.87. The third-order valence-electron chi connectivity index (χ3n) is 2.84. The molecule has 0 bridgehead atoms. The van der Waals surface area contributed by atoms with Crippen LogP contribution in [0.3, 0.4) is 0 Å². The van der Waals surface area contributed by atoms with Gasteiger partial charge in [0.05, 0.1) is 4.92 Å². The number of aliphatic imine (C=N–C) groups is 2. The second-order valence-electron chi connectivity index (χ2n) is 4.19. The molecule has 2 aliphatic rings. The molecule has 0 saturated carbocycles. The van der Waals surface area contributed by atoms with Crippen molar-refractivity contribution >= 4 is 23.3 Å². The Morgan fingerprint density at radius 1 is 1.30 bits per heavy atom. The van der Waals surface area contributed by atoms with Crippen molar-refractivity contribution in [3.63, 3.8) is 0 Å². The number of non-ortho nitro benzene ring substituents is 1. The third-order valence-corrected chi connectivity index (χ3v) is 2.84. The summed E-state index contributed by atoms with van der Waals surface area (Å²) in [5.41, 5.74) is 3.05. The zero-order chi connectivity index (χ0) is 14.1. The van der Waals surface area contributed by atoms with Crippen molar-refractivity contribution in [1.82, 2.24) is 5.43 Å². The number of hydrogen-bond donors (Lipinski definition) is 1. The van der Waals surface area contributed by atoms with Crippen molar-refractivity contribution in [3.8, 4) is 0 Å². The van der Waals surface area contributed by atoms with E-state index in [0.29, 0.717) is 12.3 Å². The second kappa shape index (κ2) is 4.61. The molecule has 20 heavy (non-hydrogen) atoms. The molecule has 100 valence electrons. The topological polar surface area (TPSA) is 122 Å². The van der Waals surface area contributed by atoms with E-state index in [1.165, 1.54) is 12.1 Å². The van der Waals surface area contributed by atoms with Crippen LogP contribution in [0.4, 0.5) is 5.69 Å². The van der Waals surface area contributed by atoms with Gasteiger partial charge in [0.2, 0.25) is 0 Å². The monoisotopic (exact) mass is 272 g/mol. The zero-order valence-electron chi connectivity index (χ0n) is 10.1. The molecule has 1 aromatic carbocycles. The summed E-state index contributed by atoms with van der Waals surface area (Å²) in [6.07, 6.45) is 0.376. The van der Waals surface area contributed by atoms with E-state index in [0.717, 1.165) is 5.56 Å². The molecule has 1 unspecified atom stereocenters. The Morgan fingerprint density at radius 3 is 2.70 bits per heavy atom. The van der Waals surface area contributed by atoms with Gasteiger partial charge in [-0.05, 0) is 5.56 Å². The molecule has 0 aliphatic carbocycles. The lowest BCUT2D eigenvalue weighted by atomic mass is 10.1. The van der Waals surface area contributed by atoms with E-state index in [4.69, 9.17) is 0 Å². The number of fused-ring (bicyclic) bond motifs is 1. The first-order valence-corrected chi connectivity index (χ1v) is 5.72. The summed E-state index contributed by atoms with van der Waals surface area (Å²) >= 11 is 0. The molecule has 1 amide bonds. The molecule has 3 rings (SSSR count). The van der Waals surface area contributed by atoms with Gasteiger partial charge in [-0.2, -0.15) is 0 Å². The number of nitro groups is 1. The first-order chi connectivity index (χ1) is 9.63. The van der Waals surface area contributed by atoms with Gasteiger partial charge in [0.25, 0.3) is 11.6 Å². The lowest BCUT2D eigenvalue weighted by Gasteiger charge is -2.07. The van der Waals surface area contributed by atoms with Gasteiger partial charge < -0.3 is 0 Å². The van der Waals surface area contributed by atoms with Crippen molar-refractivity contribution in [1.29, 1.82) is 0 Å². The van der Waals surface area contributed by atoms with Crippen molar-refractivity contribution in [2.24, 2.45) is 20.3 Å². The molecule has 0 saturated heterocycles. The number of hydrogen-bond acceptors (Lipinski definition) is 7. The zero-order valence-corrected chi connectivity index (χ0v) is 10.1. The molecule has 0 radical (unpaired) electrons. The Labute approximate surface area is 112 Å². The van der Waals surface area contributed by atoms with Crippen LogP contribution in [0.1, 0.15) is 5.56 Å². The molecule has 1 N–H and O–H groups in total. The van der Waals surface area contributed by atoms with Crippen LogP contribution in [-0.2, 0) is 11.2 Å². The van der Waals surface area contributed by atoms with E-state index in [9.17, 15) is 14.9 Å². The summed E-state index contributed by atoms with van der Waals surface area (Å²) < 4.78 is 0. The standard InChI is InChI=1S/C11H8N6O3/c18-11-9-10(14-16-15-11)13-8(12-9)5-6-1-3-7(4-2-6)17(19)20/h1-4,9H,5H2,(H,12,13,14,15,18). The van der Waals surface area contributed by atoms with Crippen LogP contribution in [0.25, 0.3) is 0 Å². The highest BCUT2D eigenvalue weighted by atomic mass is 16.6. The van der Waals surface area contributed by atoms with Gasteiger partial charge in [0.1, 0.15) is 5.84 Å². The van der Waals surface area contributed by atoms with E-state index >= 15 is 0 Å². The van der Waals surface area contributed by atoms with E-state index in [1.54, 1.807) is 12.1 Å². The largest absolute Gasteiger partial charge is 0.274 e. The summed E-state index contributed by atoms with van der Waals surface area (Å²) in [5, 5.41) is 17.7. The second-order valence-corrected chi connectivity index (χ2v) is 4.19. The molecular weight excluding hydrogens is 264 g/mol. The Kier molecular flexibility index (Phi) is 2.78. The summed E-state index contributed by atoms with van der Waals surface area (Å²) in [7, 11) is 0. The molecule has 9 heteroatoms. The van der Waals surface area contributed by atoms with Gasteiger partial charge in [0, 0.05) is 18.6 Å². The Hall–Kier alpha value is -2.97. The molecule has 1 aromatic rings. The normalized spacial score (nSPS) is 20.0. The number of nitro benzene ring substituents is 1. The lowest BCUT2D eigenvalue weighted by Crippen LogP contribution is -2.37. The van der Waals surface area contributed by atoms with E-state index < -0.39 is 11.0 Å². The number of carbonyl (C=O) groups is 1. The van der Waals surface area contributed by atoms with Crippen LogP contribution < -0.4 is 5.43 Å². The fraction of sp³-hybridized carbons (Fsp3) is 0.182. The summed E-state index contributed by atoms with van der Waals surface area (Å²) in [6, 6.07) is 5.35. The molecule has 0 fully saturated rings. The van der Waals surface area contributed by atoms with Crippen molar-refractivity contribution in [2.75, 3.05) is 0 Å². The molecular formula is C11H8N6O3.